The van der Waals surface area contributed by atoms with Crippen LogP contribution in [0.5, 0.6) is 5.75 Å². The maximum absolute atomic E-state index is 13.4. The number of alkyl halides is 3. The molecule has 1 aromatic carbocycles. The molecule has 4 atom stereocenters. The molecule has 41 heavy (non-hydrogen) atoms. The van der Waals surface area contributed by atoms with Gasteiger partial charge < -0.3 is 25.2 Å². The number of para-hydroxylation sites is 1. The lowest BCUT2D eigenvalue weighted by Gasteiger charge is -2.48. The summed E-state index contributed by atoms with van der Waals surface area (Å²) in [6.45, 7) is 4.33. The normalized spacial score (nSPS) is 26.3. The number of amides is 2. The summed E-state index contributed by atoms with van der Waals surface area (Å²) in [5, 5.41) is 22.1. The Hall–Kier alpha value is -3.35. The van der Waals surface area contributed by atoms with Gasteiger partial charge in [0.1, 0.15) is 11.4 Å². The molecule has 0 radical (unpaired) electrons. The van der Waals surface area contributed by atoms with Gasteiger partial charge in [-0.3, -0.25) is 19.9 Å². The molecule has 0 aromatic heterocycles. The van der Waals surface area contributed by atoms with Gasteiger partial charge in [-0.25, -0.2) is 4.79 Å². The molecule has 1 aromatic rings. The smallest absolute Gasteiger partial charge is 0.487 e. The number of guanidine groups is 1. The average molecular weight is 583 g/mol. The van der Waals surface area contributed by atoms with E-state index in [0.717, 1.165) is 43.4 Å². The first-order valence-electron chi connectivity index (χ1n) is 13.7. The summed E-state index contributed by atoms with van der Waals surface area (Å²) in [6.07, 6.45) is 0.580. The molecule has 1 saturated heterocycles. The zero-order valence-corrected chi connectivity index (χ0v) is 23.3. The minimum Gasteiger partial charge on any atom is -0.487 e. The summed E-state index contributed by atoms with van der Waals surface area (Å²) in [6, 6.07) is 7.72. The molecule has 1 unspecified atom stereocenters. The molecule has 5 rings (SSSR count). The van der Waals surface area contributed by atoms with Crippen molar-refractivity contribution in [2.45, 2.75) is 88.2 Å². The number of carboxylic acid groups (broad SMARTS) is 1. The summed E-state index contributed by atoms with van der Waals surface area (Å²) in [5.74, 6) is -1.92. The molecule has 0 bridgehead atoms. The minimum atomic E-state index is -5.08. The van der Waals surface area contributed by atoms with Gasteiger partial charge in [0.25, 0.3) is 0 Å². The van der Waals surface area contributed by atoms with Crippen LogP contribution < -0.4 is 15.4 Å². The SMILES string of the molecule is COCC[C@@H]([C@@H]1C[C@H]1C(=O)NC1CC2(CCC2)Oc2ccccc21)N1C(=N)NC(C)(C)CC1=O.O=C(O)C(F)(F)F. The van der Waals surface area contributed by atoms with Crippen molar-refractivity contribution in [2.75, 3.05) is 13.7 Å². The number of halogens is 3. The average Bonchev–Trinajstić information content (AvgIpc) is 3.64. The van der Waals surface area contributed by atoms with Crippen molar-refractivity contribution < 1.29 is 42.1 Å². The Bertz CT molecular complexity index is 1170. The number of carboxylic acids is 1. The Morgan fingerprint density at radius 3 is 2.51 bits per heavy atom. The van der Waals surface area contributed by atoms with E-state index < -0.39 is 17.7 Å². The molecule has 226 valence electrons. The number of ether oxygens (including phenoxy) is 2. The fourth-order valence-electron chi connectivity index (χ4n) is 5.98. The number of carbonyl (C=O) groups is 3. The first-order chi connectivity index (χ1) is 19.2. The van der Waals surface area contributed by atoms with Gasteiger partial charge in [-0.1, -0.05) is 18.2 Å². The molecule has 10 nitrogen and oxygen atoms in total. The number of methoxy groups -OCH3 is 1. The first kappa shape index (κ1) is 30.6. The highest BCUT2D eigenvalue weighted by Crippen LogP contribution is 2.50. The van der Waals surface area contributed by atoms with Crippen LogP contribution in [0.4, 0.5) is 13.2 Å². The lowest BCUT2D eigenvalue weighted by molar-refractivity contribution is -0.192. The third-order valence-corrected chi connectivity index (χ3v) is 8.20. The van der Waals surface area contributed by atoms with Crippen LogP contribution in [0.25, 0.3) is 0 Å². The third kappa shape index (κ3) is 6.94. The van der Waals surface area contributed by atoms with E-state index in [1.165, 1.54) is 0 Å². The minimum absolute atomic E-state index is 0.0233. The number of carbonyl (C=O) groups excluding carboxylic acids is 2. The summed E-state index contributed by atoms with van der Waals surface area (Å²) >= 11 is 0. The van der Waals surface area contributed by atoms with Crippen LogP contribution in [0.15, 0.2) is 24.3 Å². The zero-order valence-electron chi connectivity index (χ0n) is 23.3. The largest absolute Gasteiger partial charge is 0.490 e. The van der Waals surface area contributed by atoms with E-state index in [9.17, 15) is 22.8 Å². The standard InChI is InChI=1S/C26H36N4O4.C2HF3O2/c1-25(2)15-22(31)30(24(27)29-25)20(9-12-33-3)17-13-18(17)23(32)28-19-14-26(10-6-11-26)34-21-8-5-4-7-16(19)21;3-2(4,5)1(6)7/h4-5,7-8,17-20H,6,9-15H2,1-3H3,(H2,27,29)(H,28,32);(H,6,7)/t17-,18-,19?,20+;/m1./s1. The number of nitrogens with zero attached hydrogens (tertiary/aromatic N) is 1. The summed E-state index contributed by atoms with van der Waals surface area (Å²) < 4.78 is 43.4. The number of hydrogen-bond donors (Lipinski definition) is 4. The van der Waals surface area contributed by atoms with Crippen molar-refractivity contribution >= 4 is 23.7 Å². The van der Waals surface area contributed by atoms with Gasteiger partial charge in [-0.05, 0) is 57.9 Å². The molecule has 2 amide bonds. The van der Waals surface area contributed by atoms with E-state index in [-0.39, 0.29) is 47.3 Å². The monoisotopic (exact) mass is 582 g/mol. The molecule has 4 N–H and O–H groups in total. The van der Waals surface area contributed by atoms with Gasteiger partial charge in [0, 0.05) is 49.6 Å². The molecule has 2 heterocycles. The Morgan fingerprint density at radius 2 is 1.95 bits per heavy atom. The second-order valence-electron chi connectivity index (χ2n) is 11.9. The molecule has 2 saturated carbocycles. The Morgan fingerprint density at radius 1 is 1.29 bits per heavy atom. The highest BCUT2D eigenvalue weighted by atomic mass is 19.4. The van der Waals surface area contributed by atoms with Crippen LogP contribution in [-0.2, 0) is 19.1 Å². The van der Waals surface area contributed by atoms with Gasteiger partial charge in [0.2, 0.25) is 11.8 Å². The van der Waals surface area contributed by atoms with Crippen molar-refractivity contribution in [2.24, 2.45) is 11.8 Å². The Balaban J connectivity index is 0.000000493. The molecule has 2 aliphatic carbocycles. The van der Waals surface area contributed by atoms with Crippen LogP contribution in [-0.4, -0.2) is 70.8 Å². The molecular weight excluding hydrogens is 545 g/mol. The summed E-state index contributed by atoms with van der Waals surface area (Å²) in [7, 11) is 1.64. The number of benzene rings is 1. The number of fused-ring (bicyclic) bond motifs is 1. The van der Waals surface area contributed by atoms with E-state index in [2.05, 4.69) is 10.6 Å². The van der Waals surface area contributed by atoms with Crippen LogP contribution in [0.1, 0.15) is 70.4 Å². The quantitative estimate of drug-likeness (QED) is 0.384. The predicted molar refractivity (Wildman–Crippen MR) is 141 cm³/mol. The van der Waals surface area contributed by atoms with Crippen LogP contribution in [0.3, 0.4) is 0 Å². The molecule has 1 spiro atoms. The van der Waals surface area contributed by atoms with Crippen molar-refractivity contribution in [3.63, 3.8) is 0 Å². The number of nitrogens with one attached hydrogen (secondary N) is 3. The van der Waals surface area contributed by atoms with Gasteiger partial charge in [-0.15, -0.1) is 0 Å². The number of aliphatic carboxylic acids is 1. The van der Waals surface area contributed by atoms with Crippen molar-refractivity contribution in [1.29, 1.82) is 5.41 Å². The lowest BCUT2D eigenvalue weighted by atomic mass is 9.73. The number of rotatable bonds is 7. The van der Waals surface area contributed by atoms with Crippen LogP contribution in [0.2, 0.25) is 0 Å². The van der Waals surface area contributed by atoms with Crippen molar-refractivity contribution in [3.8, 4) is 5.75 Å². The van der Waals surface area contributed by atoms with Crippen LogP contribution >= 0.6 is 0 Å². The topological polar surface area (TPSA) is 141 Å². The van der Waals surface area contributed by atoms with E-state index in [1.54, 1.807) is 12.0 Å². The first-order valence-corrected chi connectivity index (χ1v) is 13.7. The molecular formula is C28H37F3N4O6. The highest BCUT2D eigenvalue weighted by Gasteiger charge is 2.53. The maximum atomic E-state index is 13.4. The lowest BCUT2D eigenvalue weighted by Crippen LogP contribution is -2.63. The van der Waals surface area contributed by atoms with Crippen molar-refractivity contribution in [3.05, 3.63) is 29.8 Å². The third-order valence-electron chi connectivity index (χ3n) is 8.20. The van der Waals surface area contributed by atoms with Crippen LogP contribution in [0, 0.1) is 17.2 Å². The molecule has 2 aliphatic heterocycles. The van der Waals surface area contributed by atoms with Gasteiger partial charge in [0.15, 0.2) is 5.96 Å². The second-order valence-corrected chi connectivity index (χ2v) is 11.9. The second kappa shape index (κ2) is 11.5. The summed E-state index contributed by atoms with van der Waals surface area (Å²) in [4.78, 5) is 36.8. The number of hydrogen-bond acceptors (Lipinski definition) is 6. The molecule has 13 heteroatoms. The van der Waals surface area contributed by atoms with Crippen molar-refractivity contribution in [1.82, 2.24) is 15.5 Å². The zero-order chi connectivity index (χ0) is 30.2. The fourth-order valence-corrected chi connectivity index (χ4v) is 5.98. The Labute approximate surface area is 236 Å². The van der Waals surface area contributed by atoms with E-state index >= 15 is 0 Å². The Kier molecular flexibility index (Phi) is 8.58. The van der Waals surface area contributed by atoms with Gasteiger partial charge in [-0.2, -0.15) is 13.2 Å². The van der Waals surface area contributed by atoms with Gasteiger partial charge in [0.05, 0.1) is 6.04 Å². The van der Waals surface area contributed by atoms with Gasteiger partial charge >= 0.3 is 12.1 Å². The fraction of sp³-hybridized carbons (Fsp3) is 0.643. The highest BCUT2D eigenvalue weighted by molar-refractivity contribution is 5.99. The maximum Gasteiger partial charge on any atom is 0.490 e. The van der Waals surface area contributed by atoms with E-state index in [4.69, 9.17) is 24.8 Å². The molecule has 3 fully saturated rings. The van der Waals surface area contributed by atoms with E-state index in [1.807, 2.05) is 38.1 Å². The van der Waals surface area contributed by atoms with E-state index in [0.29, 0.717) is 19.4 Å². The predicted octanol–water partition coefficient (Wildman–Crippen LogP) is 3.76. The molecule has 4 aliphatic rings. The summed E-state index contributed by atoms with van der Waals surface area (Å²) in [5.41, 5.74) is 0.454.